The number of nitrogens with zero attached hydrogens (tertiary/aromatic N) is 2. The summed E-state index contributed by atoms with van der Waals surface area (Å²) in [5, 5.41) is 3.31. The van der Waals surface area contributed by atoms with Crippen LogP contribution in [0.25, 0.3) is 16.6 Å². The number of methoxy groups -OCH3 is 1. The van der Waals surface area contributed by atoms with Gasteiger partial charge in [0.25, 0.3) is 5.56 Å². The first-order valence-corrected chi connectivity index (χ1v) is 13.6. The third-order valence-corrected chi connectivity index (χ3v) is 7.73. The molecule has 0 radical (unpaired) electrons. The van der Waals surface area contributed by atoms with Crippen LogP contribution in [0.3, 0.4) is 0 Å². The maximum atomic E-state index is 13.9. The molecule has 0 fully saturated rings. The van der Waals surface area contributed by atoms with E-state index in [4.69, 9.17) is 9.72 Å². The zero-order valence-corrected chi connectivity index (χ0v) is 22.9. The highest BCUT2D eigenvalue weighted by atomic mass is 32.2. The number of carbonyl (C=O) groups excluding carboxylic acids is 1. The molecule has 0 spiro atoms. The number of para-hydroxylation sites is 1. The molecular formula is C32H29N3O3S. The van der Waals surface area contributed by atoms with Gasteiger partial charge < -0.3 is 10.1 Å². The number of aryl methyl sites for hydroxylation is 2. The highest BCUT2D eigenvalue weighted by molar-refractivity contribution is 8.00. The van der Waals surface area contributed by atoms with E-state index in [1.165, 1.54) is 17.3 Å². The van der Waals surface area contributed by atoms with Crippen molar-refractivity contribution >= 4 is 34.3 Å². The van der Waals surface area contributed by atoms with E-state index in [1.807, 2.05) is 97.9 Å². The Hall–Kier alpha value is -4.36. The van der Waals surface area contributed by atoms with Crippen LogP contribution in [0.5, 0.6) is 5.75 Å². The molecule has 6 nitrogen and oxygen atoms in total. The Kier molecular flexibility index (Phi) is 7.79. The van der Waals surface area contributed by atoms with Gasteiger partial charge in [-0.3, -0.25) is 14.2 Å². The van der Waals surface area contributed by atoms with Gasteiger partial charge in [0, 0.05) is 0 Å². The van der Waals surface area contributed by atoms with Crippen molar-refractivity contribution in [2.24, 2.45) is 0 Å². The van der Waals surface area contributed by atoms with Gasteiger partial charge >= 0.3 is 0 Å². The van der Waals surface area contributed by atoms with Crippen molar-refractivity contribution < 1.29 is 9.53 Å². The largest absolute Gasteiger partial charge is 0.495 e. The van der Waals surface area contributed by atoms with Crippen LogP contribution < -0.4 is 15.6 Å². The summed E-state index contributed by atoms with van der Waals surface area (Å²) in [5.41, 5.74) is 4.65. The molecule has 5 aromatic rings. The maximum absolute atomic E-state index is 13.9. The quantitative estimate of drug-likeness (QED) is 0.176. The number of fused-ring (bicyclic) bond motifs is 1. The number of aromatic nitrogens is 2. The molecule has 196 valence electrons. The summed E-state index contributed by atoms with van der Waals surface area (Å²) in [6, 6.07) is 30.3. The monoisotopic (exact) mass is 535 g/mol. The zero-order chi connectivity index (χ0) is 27.4. The Labute approximate surface area is 231 Å². The lowest BCUT2D eigenvalue weighted by atomic mass is 10.1. The summed E-state index contributed by atoms with van der Waals surface area (Å²) in [4.78, 5) is 32.5. The van der Waals surface area contributed by atoms with E-state index in [1.54, 1.807) is 17.7 Å². The fraction of sp³-hybridized carbons (Fsp3) is 0.156. The second kappa shape index (κ2) is 11.6. The fourth-order valence-electron chi connectivity index (χ4n) is 4.42. The van der Waals surface area contributed by atoms with Crippen molar-refractivity contribution in [2.45, 2.75) is 30.7 Å². The van der Waals surface area contributed by atoms with E-state index in [-0.39, 0.29) is 11.5 Å². The molecule has 0 aliphatic rings. The minimum Gasteiger partial charge on any atom is -0.495 e. The van der Waals surface area contributed by atoms with Crippen LogP contribution in [-0.2, 0) is 11.2 Å². The van der Waals surface area contributed by atoms with E-state index in [2.05, 4.69) is 12.2 Å². The molecule has 7 heteroatoms. The smallest absolute Gasteiger partial charge is 0.266 e. The molecule has 0 saturated carbocycles. The topological polar surface area (TPSA) is 73.2 Å². The molecule has 1 atom stereocenters. The van der Waals surface area contributed by atoms with Gasteiger partial charge in [-0.15, -0.1) is 0 Å². The first-order chi connectivity index (χ1) is 19.0. The third kappa shape index (κ3) is 5.59. The van der Waals surface area contributed by atoms with Gasteiger partial charge in [0.2, 0.25) is 5.91 Å². The number of carbonyl (C=O) groups is 1. The zero-order valence-electron chi connectivity index (χ0n) is 22.0. The third-order valence-electron chi connectivity index (χ3n) is 6.52. The van der Waals surface area contributed by atoms with Gasteiger partial charge in [0.15, 0.2) is 5.16 Å². The van der Waals surface area contributed by atoms with E-state index in [9.17, 15) is 9.59 Å². The number of benzene rings is 4. The molecule has 1 N–H and O–H groups in total. The first-order valence-electron chi connectivity index (χ1n) is 12.8. The van der Waals surface area contributed by atoms with Crippen molar-refractivity contribution in [3.63, 3.8) is 0 Å². The van der Waals surface area contributed by atoms with Gasteiger partial charge in [-0.05, 0) is 66.4 Å². The molecule has 1 unspecified atom stereocenters. The van der Waals surface area contributed by atoms with Crippen molar-refractivity contribution in [1.82, 2.24) is 9.55 Å². The Balaban J connectivity index is 1.63. The number of ether oxygens (including phenoxy) is 1. The van der Waals surface area contributed by atoms with Gasteiger partial charge in [-0.1, -0.05) is 79.3 Å². The Bertz CT molecular complexity index is 1680. The number of nitrogens with one attached hydrogen (secondary N) is 1. The highest BCUT2D eigenvalue weighted by Gasteiger charge is 2.26. The predicted molar refractivity (Wildman–Crippen MR) is 158 cm³/mol. The minimum atomic E-state index is -0.689. The Morgan fingerprint density at radius 3 is 2.41 bits per heavy atom. The van der Waals surface area contributed by atoms with Crippen LogP contribution in [-0.4, -0.2) is 22.6 Å². The summed E-state index contributed by atoms with van der Waals surface area (Å²) >= 11 is 1.25. The van der Waals surface area contributed by atoms with Crippen LogP contribution in [0.1, 0.15) is 28.9 Å². The number of anilines is 1. The molecule has 0 bridgehead atoms. The molecule has 1 amide bonds. The Morgan fingerprint density at radius 2 is 1.69 bits per heavy atom. The standard InChI is InChI=1S/C32H29N3O3S/c1-4-22-15-17-24(18-16-22)35-31(37)25-12-8-9-13-26(25)34-32(35)39-29(23-10-6-5-7-11-23)30(36)33-27-20-21(2)14-19-28(27)38-3/h5-20,29H,4H2,1-3H3,(H,33,36). The number of thioether (sulfide) groups is 1. The second-order valence-corrected chi connectivity index (χ2v) is 10.2. The minimum absolute atomic E-state index is 0.181. The van der Waals surface area contributed by atoms with E-state index >= 15 is 0 Å². The van der Waals surface area contributed by atoms with Crippen molar-refractivity contribution in [1.29, 1.82) is 0 Å². The maximum Gasteiger partial charge on any atom is 0.266 e. The van der Waals surface area contributed by atoms with Crippen molar-refractivity contribution in [2.75, 3.05) is 12.4 Å². The second-order valence-electron chi connectivity index (χ2n) is 9.17. The lowest BCUT2D eigenvalue weighted by molar-refractivity contribution is -0.115. The van der Waals surface area contributed by atoms with Crippen LogP contribution in [0.4, 0.5) is 5.69 Å². The number of hydrogen-bond acceptors (Lipinski definition) is 5. The predicted octanol–water partition coefficient (Wildman–Crippen LogP) is 6.74. The molecule has 0 aliphatic heterocycles. The number of rotatable bonds is 8. The normalized spacial score (nSPS) is 11.8. The lowest BCUT2D eigenvalue weighted by Gasteiger charge is -2.20. The molecule has 5 rings (SSSR count). The molecule has 1 heterocycles. The van der Waals surface area contributed by atoms with E-state index in [0.29, 0.717) is 33.2 Å². The fourth-order valence-corrected chi connectivity index (χ4v) is 5.54. The summed E-state index contributed by atoms with van der Waals surface area (Å²) in [6.07, 6.45) is 0.894. The van der Waals surface area contributed by atoms with Crippen molar-refractivity contribution in [3.8, 4) is 11.4 Å². The SMILES string of the molecule is CCc1ccc(-n2c(SC(C(=O)Nc3cc(C)ccc3OC)c3ccccc3)nc3ccccc3c2=O)cc1. The summed E-state index contributed by atoms with van der Waals surface area (Å²) in [7, 11) is 1.57. The summed E-state index contributed by atoms with van der Waals surface area (Å²) in [6.45, 7) is 4.05. The van der Waals surface area contributed by atoms with Gasteiger partial charge in [-0.25, -0.2) is 4.98 Å². The van der Waals surface area contributed by atoms with Crippen LogP contribution in [0.2, 0.25) is 0 Å². The van der Waals surface area contributed by atoms with Crippen LogP contribution >= 0.6 is 11.8 Å². The molecule has 4 aromatic carbocycles. The summed E-state index contributed by atoms with van der Waals surface area (Å²) in [5.74, 6) is 0.327. The molecule has 0 aliphatic carbocycles. The van der Waals surface area contributed by atoms with Crippen LogP contribution in [0, 0.1) is 6.92 Å². The van der Waals surface area contributed by atoms with E-state index < -0.39 is 5.25 Å². The number of amides is 1. The Morgan fingerprint density at radius 1 is 0.974 bits per heavy atom. The average Bonchev–Trinajstić information content (AvgIpc) is 2.97. The van der Waals surface area contributed by atoms with Crippen LogP contribution in [0.15, 0.2) is 107 Å². The van der Waals surface area contributed by atoms with Crippen molar-refractivity contribution in [3.05, 3.63) is 124 Å². The van der Waals surface area contributed by atoms with Gasteiger partial charge in [0.05, 0.1) is 29.4 Å². The summed E-state index contributed by atoms with van der Waals surface area (Å²) < 4.78 is 7.09. The molecule has 39 heavy (non-hydrogen) atoms. The van der Waals surface area contributed by atoms with E-state index in [0.717, 1.165) is 17.5 Å². The molecule has 1 aromatic heterocycles. The highest BCUT2D eigenvalue weighted by Crippen LogP contribution is 2.37. The van der Waals surface area contributed by atoms with Gasteiger partial charge in [-0.2, -0.15) is 0 Å². The lowest BCUT2D eigenvalue weighted by Crippen LogP contribution is -2.24. The average molecular weight is 536 g/mol. The number of hydrogen-bond donors (Lipinski definition) is 1. The van der Waals surface area contributed by atoms with Gasteiger partial charge in [0.1, 0.15) is 11.0 Å². The molecular weight excluding hydrogens is 506 g/mol. The first kappa shape index (κ1) is 26.3. The molecule has 0 saturated heterocycles.